The SMILES string of the molecule is COCc1ccccc1NC(=O)COc1ccc(Br)cc1. The van der Waals surface area contributed by atoms with E-state index in [2.05, 4.69) is 21.2 Å². The molecule has 0 aliphatic heterocycles. The number of ether oxygens (including phenoxy) is 2. The van der Waals surface area contributed by atoms with Crippen LogP contribution in [0, 0.1) is 0 Å². The van der Waals surface area contributed by atoms with Gasteiger partial charge in [0.2, 0.25) is 0 Å². The molecule has 0 bridgehead atoms. The third kappa shape index (κ3) is 4.88. The summed E-state index contributed by atoms with van der Waals surface area (Å²) < 4.78 is 11.5. The molecule has 0 heterocycles. The maximum atomic E-state index is 11.9. The molecule has 4 nitrogen and oxygen atoms in total. The smallest absolute Gasteiger partial charge is 0.262 e. The van der Waals surface area contributed by atoms with Gasteiger partial charge in [0.1, 0.15) is 5.75 Å². The standard InChI is InChI=1S/C16H16BrNO3/c1-20-10-12-4-2-3-5-15(12)18-16(19)11-21-14-8-6-13(17)7-9-14/h2-9H,10-11H2,1H3,(H,18,19). The molecule has 0 saturated carbocycles. The van der Waals surface area contributed by atoms with Gasteiger partial charge in [-0.3, -0.25) is 4.79 Å². The zero-order valence-electron chi connectivity index (χ0n) is 11.6. The van der Waals surface area contributed by atoms with Crippen LogP contribution in [0.3, 0.4) is 0 Å². The Morgan fingerprint density at radius 2 is 1.86 bits per heavy atom. The van der Waals surface area contributed by atoms with E-state index in [-0.39, 0.29) is 12.5 Å². The number of hydrogen-bond acceptors (Lipinski definition) is 3. The van der Waals surface area contributed by atoms with Gasteiger partial charge in [0.25, 0.3) is 5.91 Å². The highest BCUT2D eigenvalue weighted by Gasteiger charge is 2.07. The lowest BCUT2D eigenvalue weighted by Gasteiger charge is -2.11. The summed E-state index contributed by atoms with van der Waals surface area (Å²) in [6.45, 7) is 0.410. The van der Waals surface area contributed by atoms with E-state index in [4.69, 9.17) is 9.47 Å². The zero-order chi connectivity index (χ0) is 15.1. The van der Waals surface area contributed by atoms with Crippen molar-refractivity contribution < 1.29 is 14.3 Å². The minimum absolute atomic E-state index is 0.0387. The number of anilines is 1. The Balaban J connectivity index is 1.91. The summed E-state index contributed by atoms with van der Waals surface area (Å²) in [5.41, 5.74) is 1.67. The molecule has 0 atom stereocenters. The molecule has 2 aromatic carbocycles. The highest BCUT2D eigenvalue weighted by atomic mass is 79.9. The predicted octanol–water partition coefficient (Wildman–Crippen LogP) is 3.61. The molecular formula is C16H16BrNO3. The maximum Gasteiger partial charge on any atom is 0.262 e. The van der Waals surface area contributed by atoms with Crippen molar-refractivity contribution in [1.82, 2.24) is 0 Å². The van der Waals surface area contributed by atoms with E-state index in [1.165, 1.54) is 0 Å². The summed E-state index contributed by atoms with van der Waals surface area (Å²) in [4.78, 5) is 11.9. The van der Waals surface area contributed by atoms with Crippen LogP contribution in [-0.4, -0.2) is 19.6 Å². The molecule has 1 N–H and O–H groups in total. The Hall–Kier alpha value is -1.85. The quantitative estimate of drug-likeness (QED) is 0.866. The second-order valence-corrected chi connectivity index (χ2v) is 5.30. The van der Waals surface area contributed by atoms with Crippen LogP contribution in [-0.2, 0) is 16.1 Å². The van der Waals surface area contributed by atoms with Crippen LogP contribution >= 0.6 is 15.9 Å². The van der Waals surface area contributed by atoms with Crippen molar-refractivity contribution in [2.45, 2.75) is 6.61 Å². The zero-order valence-corrected chi connectivity index (χ0v) is 13.2. The van der Waals surface area contributed by atoms with E-state index < -0.39 is 0 Å². The van der Waals surface area contributed by atoms with Gasteiger partial charge in [-0.15, -0.1) is 0 Å². The van der Waals surface area contributed by atoms with Crippen LogP contribution in [0.2, 0.25) is 0 Å². The summed E-state index contributed by atoms with van der Waals surface area (Å²) in [7, 11) is 1.62. The molecule has 1 amide bonds. The van der Waals surface area contributed by atoms with Crippen LogP contribution in [0.5, 0.6) is 5.75 Å². The molecule has 2 aromatic rings. The van der Waals surface area contributed by atoms with Gasteiger partial charge < -0.3 is 14.8 Å². The molecule has 110 valence electrons. The van der Waals surface area contributed by atoms with E-state index in [0.717, 1.165) is 15.7 Å². The fourth-order valence-electron chi connectivity index (χ4n) is 1.79. The van der Waals surface area contributed by atoms with E-state index in [1.807, 2.05) is 36.4 Å². The molecule has 5 heteroatoms. The first kappa shape index (κ1) is 15.5. The maximum absolute atomic E-state index is 11.9. The van der Waals surface area contributed by atoms with Crippen molar-refractivity contribution in [2.24, 2.45) is 0 Å². The molecule has 0 spiro atoms. The Morgan fingerprint density at radius 3 is 2.57 bits per heavy atom. The first-order valence-corrected chi connectivity index (χ1v) is 7.23. The van der Waals surface area contributed by atoms with Crippen molar-refractivity contribution in [3.05, 3.63) is 58.6 Å². The largest absolute Gasteiger partial charge is 0.484 e. The Bertz CT molecular complexity index is 599. The van der Waals surface area contributed by atoms with Crippen LogP contribution in [0.4, 0.5) is 5.69 Å². The lowest BCUT2D eigenvalue weighted by Crippen LogP contribution is -2.21. The van der Waals surface area contributed by atoms with E-state index >= 15 is 0 Å². The number of para-hydroxylation sites is 1. The van der Waals surface area contributed by atoms with Gasteiger partial charge in [-0.1, -0.05) is 34.1 Å². The number of rotatable bonds is 6. The third-order valence-corrected chi connectivity index (χ3v) is 3.30. The van der Waals surface area contributed by atoms with Crippen LogP contribution in [0.25, 0.3) is 0 Å². The molecule has 0 saturated heterocycles. The van der Waals surface area contributed by atoms with E-state index in [1.54, 1.807) is 19.2 Å². The molecule has 2 rings (SSSR count). The van der Waals surface area contributed by atoms with Crippen LogP contribution in [0.1, 0.15) is 5.56 Å². The second kappa shape index (κ2) is 7.81. The number of hydrogen-bond donors (Lipinski definition) is 1. The fraction of sp³-hybridized carbons (Fsp3) is 0.188. The summed E-state index contributed by atoms with van der Waals surface area (Å²) in [6, 6.07) is 14.8. The summed E-state index contributed by atoms with van der Waals surface area (Å²) >= 11 is 3.35. The number of nitrogens with one attached hydrogen (secondary N) is 1. The van der Waals surface area contributed by atoms with Gasteiger partial charge in [-0.2, -0.15) is 0 Å². The second-order valence-electron chi connectivity index (χ2n) is 4.38. The lowest BCUT2D eigenvalue weighted by molar-refractivity contribution is -0.118. The average molecular weight is 350 g/mol. The van der Waals surface area contributed by atoms with Gasteiger partial charge in [0.15, 0.2) is 6.61 Å². The molecule has 0 radical (unpaired) electrons. The number of halogens is 1. The van der Waals surface area contributed by atoms with Gasteiger partial charge >= 0.3 is 0 Å². The topological polar surface area (TPSA) is 47.6 Å². The highest BCUT2D eigenvalue weighted by molar-refractivity contribution is 9.10. The lowest BCUT2D eigenvalue weighted by atomic mass is 10.2. The highest BCUT2D eigenvalue weighted by Crippen LogP contribution is 2.17. The predicted molar refractivity (Wildman–Crippen MR) is 85.4 cm³/mol. The van der Waals surface area contributed by atoms with Gasteiger partial charge in [-0.05, 0) is 30.3 Å². The first-order valence-electron chi connectivity index (χ1n) is 6.44. The molecule has 0 aromatic heterocycles. The number of carbonyl (C=O) groups is 1. The number of benzene rings is 2. The van der Waals surface area contributed by atoms with Gasteiger partial charge in [0.05, 0.1) is 6.61 Å². The molecule has 21 heavy (non-hydrogen) atoms. The van der Waals surface area contributed by atoms with Crippen molar-refractivity contribution in [3.8, 4) is 5.75 Å². The van der Waals surface area contributed by atoms with E-state index in [0.29, 0.717) is 12.4 Å². The Kier molecular flexibility index (Phi) is 5.78. The van der Waals surface area contributed by atoms with Crippen molar-refractivity contribution in [1.29, 1.82) is 0 Å². The Labute approximate surface area is 132 Å². The Morgan fingerprint density at radius 1 is 1.14 bits per heavy atom. The molecule has 0 aliphatic carbocycles. The first-order chi connectivity index (χ1) is 10.2. The monoisotopic (exact) mass is 349 g/mol. The van der Waals surface area contributed by atoms with E-state index in [9.17, 15) is 4.79 Å². The average Bonchev–Trinajstić information content (AvgIpc) is 2.49. The third-order valence-electron chi connectivity index (χ3n) is 2.77. The summed E-state index contributed by atoms with van der Waals surface area (Å²) in [5, 5.41) is 2.82. The van der Waals surface area contributed by atoms with Gasteiger partial charge in [-0.25, -0.2) is 0 Å². The number of amides is 1. The van der Waals surface area contributed by atoms with Gasteiger partial charge in [0, 0.05) is 22.8 Å². The normalized spacial score (nSPS) is 10.2. The number of carbonyl (C=O) groups excluding carboxylic acids is 1. The minimum Gasteiger partial charge on any atom is -0.484 e. The van der Waals surface area contributed by atoms with Crippen LogP contribution < -0.4 is 10.1 Å². The fourth-order valence-corrected chi connectivity index (χ4v) is 2.05. The van der Waals surface area contributed by atoms with Crippen molar-refractivity contribution in [2.75, 3.05) is 19.0 Å². The number of methoxy groups -OCH3 is 1. The molecule has 0 aliphatic rings. The van der Waals surface area contributed by atoms with Crippen LogP contribution in [0.15, 0.2) is 53.0 Å². The molecule has 0 fully saturated rings. The molecular weight excluding hydrogens is 334 g/mol. The summed E-state index contributed by atoms with van der Waals surface area (Å²) in [5.74, 6) is 0.444. The van der Waals surface area contributed by atoms with Crippen molar-refractivity contribution >= 4 is 27.5 Å². The molecule has 0 unspecified atom stereocenters. The summed E-state index contributed by atoms with van der Waals surface area (Å²) in [6.07, 6.45) is 0. The van der Waals surface area contributed by atoms with Crippen molar-refractivity contribution in [3.63, 3.8) is 0 Å². The minimum atomic E-state index is -0.207.